The Morgan fingerprint density at radius 3 is 2.60 bits per heavy atom. The molecular formula is C16H27NO3. The van der Waals surface area contributed by atoms with Crippen LogP contribution in [0.1, 0.15) is 25.0 Å². The van der Waals surface area contributed by atoms with Gasteiger partial charge >= 0.3 is 0 Å². The van der Waals surface area contributed by atoms with E-state index in [9.17, 15) is 5.11 Å². The largest absolute Gasteiger partial charge is 0.491 e. The summed E-state index contributed by atoms with van der Waals surface area (Å²) in [6, 6.07) is 6.19. The molecule has 3 atom stereocenters. The number of hydrogen-bond acceptors (Lipinski definition) is 4. The van der Waals surface area contributed by atoms with Crippen molar-refractivity contribution < 1.29 is 14.9 Å². The van der Waals surface area contributed by atoms with Gasteiger partial charge in [-0.3, -0.25) is 0 Å². The van der Waals surface area contributed by atoms with Crippen LogP contribution in [0.2, 0.25) is 0 Å². The Hall–Kier alpha value is -1.10. The lowest BCUT2D eigenvalue weighted by atomic mass is 10.1. The van der Waals surface area contributed by atoms with Gasteiger partial charge in [-0.15, -0.1) is 0 Å². The molecular weight excluding hydrogens is 254 g/mol. The zero-order valence-electron chi connectivity index (χ0n) is 12.9. The van der Waals surface area contributed by atoms with E-state index in [4.69, 9.17) is 9.84 Å². The minimum absolute atomic E-state index is 0.142. The quantitative estimate of drug-likeness (QED) is 0.678. The molecule has 20 heavy (non-hydrogen) atoms. The SMILES string of the molecule is Cc1ccc(C)c(OCC(O)CNC(C)C(C)CO)c1. The predicted octanol–water partition coefficient (Wildman–Crippen LogP) is 1.65. The summed E-state index contributed by atoms with van der Waals surface area (Å²) in [5, 5.41) is 22.2. The van der Waals surface area contributed by atoms with Crippen LogP contribution in [0.5, 0.6) is 5.75 Å². The fourth-order valence-electron chi connectivity index (χ4n) is 1.79. The summed E-state index contributed by atoms with van der Waals surface area (Å²) >= 11 is 0. The van der Waals surface area contributed by atoms with E-state index in [1.54, 1.807) is 0 Å². The average Bonchev–Trinajstić information content (AvgIpc) is 2.44. The fourth-order valence-corrected chi connectivity index (χ4v) is 1.79. The number of rotatable bonds is 8. The molecule has 0 saturated carbocycles. The molecule has 3 N–H and O–H groups in total. The summed E-state index contributed by atoms with van der Waals surface area (Å²) in [5.41, 5.74) is 2.21. The number of benzene rings is 1. The van der Waals surface area contributed by atoms with Crippen LogP contribution >= 0.6 is 0 Å². The predicted molar refractivity (Wildman–Crippen MR) is 81.1 cm³/mol. The fraction of sp³-hybridized carbons (Fsp3) is 0.625. The molecule has 0 saturated heterocycles. The van der Waals surface area contributed by atoms with Crippen LogP contribution in [0.4, 0.5) is 0 Å². The van der Waals surface area contributed by atoms with Crippen molar-refractivity contribution >= 4 is 0 Å². The Labute approximate surface area is 121 Å². The van der Waals surface area contributed by atoms with Gasteiger partial charge in [-0.2, -0.15) is 0 Å². The number of hydrogen-bond donors (Lipinski definition) is 3. The third-order valence-corrected chi connectivity index (χ3v) is 3.59. The standard InChI is InChI=1S/C16H27NO3/c1-11-5-6-12(2)16(7-11)20-10-15(19)8-17-14(4)13(3)9-18/h5-7,13-15,17-19H,8-10H2,1-4H3. The maximum atomic E-state index is 9.92. The van der Waals surface area contributed by atoms with Crippen molar-refractivity contribution in [1.82, 2.24) is 5.32 Å². The summed E-state index contributed by atoms with van der Waals surface area (Å²) in [4.78, 5) is 0. The highest BCUT2D eigenvalue weighted by molar-refractivity contribution is 5.35. The van der Waals surface area contributed by atoms with Gasteiger partial charge in [0.1, 0.15) is 18.5 Å². The minimum atomic E-state index is -0.566. The second-order valence-corrected chi connectivity index (χ2v) is 5.59. The Morgan fingerprint density at radius 2 is 1.95 bits per heavy atom. The summed E-state index contributed by atoms with van der Waals surface area (Å²) < 4.78 is 5.66. The Kier molecular flexibility index (Phi) is 6.99. The number of aliphatic hydroxyl groups excluding tert-OH is 2. The first-order chi connectivity index (χ1) is 9.43. The Balaban J connectivity index is 2.36. The van der Waals surface area contributed by atoms with Crippen molar-refractivity contribution in [3.63, 3.8) is 0 Å². The molecule has 1 aromatic rings. The van der Waals surface area contributed by atoms with Crippen molar-refractivity contribution in [2.45, 2.75) is 39.8 Å². The van der Waals surface area contributed by atoms with Crippen LogP contribution in [-0.2, 0) is 0 Å². The van der Waals surface area contributed by atoms with Crippen LogP contribution in [0.15, 0.2) is 18.2 Å². The lowest BCUT2D eigenvalue weighted by Crippen LogP contribution is -2.40. The molecule has 0 radical (unpaired) electrons. The van der Waals surface area contributed by atoms with Crippen molar-refractivity contribution in [2.24, 2.45) is 5.92 Å². The summed E-state index contributed by atoms with van der Waals surface area (Å²) in [6.07, 6.45) is -0.566. The Bertz CT molecular complexity index is 409. The molecule has 0 heterocycles. The van der Waals surface area contributed by atoms with E-state index in [-0.39, 0.29) is 25.2 Å². The normalized spacial score (nSPS) is 15.7. The molecule has 0 aromatic heterocycles. The van der Waals surface area contributed by atoms with Crippen LogP contribution in [0.3, 0.4) is 0 Å². The van der Waals surface area contributed by atoms with Crippen LogP contribution in [0, 0.1) is 19.8 Å². The number of nitrogens with one attached hydrogen (secondary N) is 1. The first kappa shape index (κ1) is 17.0. The van der Waals surface area contributed by atoms with Gasteiger partial charge in [0.25, 0.3) is 0 Å². The molecule has 0 bridgehead atoms. The van der Waals surface area contributed by atoms with E-state index in [0.717, 1.165) is 16.9 Å². The van der Waals surface area contributed by atoms with Gasteiger partial charge in [0.2, 0.25) is 0 Å². The van der Waals surface area contributed by atoms with Gasteiger partial charge in [0, 0.05) is 19.2 Å². The van der Waals surface area contributed by atoms with Crippen LogP contribution < -0.4 is 10.1 Å². The van der Waals surface area contributed by atoms with Gasteiger partial charge < -0.3 is 20.3 Å². The van der Waals surface area contributed by atoms with E-state index in [1.165, 1.54) is 0 Å². The van der Waals surface area contributed by atoms with Crippen molar-refractivity contribution in [2.75, 3.05) is 19.8 Å². The second-order valence-electron chi connectivity index (χ2n) is 5.59. The molecule has 3 unspecified atom stereocenters. The third kappa shape index (κ3) is 5.49. The lowest BCUT2D eigenvalue weighted by Gasteiger charge is -2.21. The van der Waals surface area contributed by atoms with Crippen LogP contribution in [-0.4, -0.2) is 42.1 Å². The molecule has 4 heteroatoms. The smallest absolute Gasteiger partial charge is 0.122 e. The molecule has 114 valence electrons. The summed E-state index contributed by atoms with van der Waals surface area (Å²) in [7, 11) is 0. The number of aliphatic hydroxyl groups is 2. The average molecular weight is 281 g/mol. The van der Waals surface area contributed by atoms with Crippen molar-refractivity contribution in [3.05, 3.63) is 29.3 Å². The van der Waals surface area contributed by atoms with Gasteiger partial charge in [-0.1, -0.05) is 19.1 Å². The minimum Gasteiger partial charge on any atom is -0.491 e. The van der Waals surface area contributed by atoms with E-state index in [1.807, 2.05) is 45.9 Å². The second kappa shape index (κ2) is 8.25. The highest BCUT2D eigenvalue weighted by atomic mass is 16.5. The van der Waals surface area contributed by atoms with E-state index >= 15 is 0 Å². The van der Waals surface area contributed by atoms with Gasteiger partial charge in [-0.05, 0) is 43.9 Å². The highest BCUT2D eigenvalue weighted by Gasteiger charge is 2.13. The lowest BCUT2D eigenvalue weighted by molar-refractivity contribution is 0.0989. The molecule has 0 amide bonds. The molecule has 0 fully saturated rings. The zero-order valence-corrected chi connectivity index (χ0v) is 12.9. The molecule has 0 aliphatic rings. The van der Waals surface area contributed by atoms with Crippen molar-refractivity contribution in [3.8, 4) is 5.75 Å². The van der Waals surface area contributed by atoms with E-state index < -0.39 is 6.10 Å². The molecule has 0 aliphatic heterocycles. The maximum Gasteiger partial charge on any atom is 0.122 e. The van der Waals surface area contributed by atoms with Gasteiger partial charge in [-0.25, -0.2) is 0 Å². The van der Waals surface area contributed by atoms with Crippen LogP contribution in [0.25, 0.3) is 0 Å². The first-order valence-corrected chi connectivity index (χ1v) is 7.16. The molecule has 4 nitrogen and oxygen atoms in total. The maximum absolute atomic E-state index is 9.92. The highest BCUT2D eigenvalue weighted by Crippen LogP contribution is 2.19. The monoisotopic (exact) mass is 281 g/mol. The van der Waals surface area contributed by atoms with Crippen molar-refractivity contribution in [1.29, 1.82) is 0 Å². The summed E-state index contributed by atoms with van der Waals surface area (Å²) in [5.74, 6) is 0.989. The molecule has 1 rings (SSSR count). The molecule has 1 aromatic carbocycles. The van der Waals surface area contributed by atoms with Gasteiger partial charge in [0.05, 0.1) is 0 Å². The zero-order chi connectivity index (χ0) is 15.1. The molecule has 0 spiro atoms. The number of ether oxygens (including phenoxy) is 1. The number of aryl methyl sites for hydroxylation is 2. The topological polar surface area (TPSA) is 61.7 Å². The van der Waals surface area contributed by atoms with E-state index in [2.05, 4.69) is 5.32 Å². The van der Waals surface area contributed by atoms with Gasteiger partial charge in [0.15, 0.2) is 0 Å². The third-order valence-electron chi connectivity index (χ3n) is 3.59. The summed E-state index contributed by atoms with van der Waals surface area (Å²) in [6.45, 7) is 8.83. The molecule has 0 aliphatic carbocycles. The van der Waals surface area contributed by atoms with E-state index in [0.29, 0.717) is 6.54 Å². The Morgan fingerprint density at radius 1 is 1.25 bits per heavy atom. The first-order valence-electron chi connectivity index (χ1n) is 7.16.